The van der Waals surface area contributed by atoms with E-state index < -0.39 is 4.92 Å². The maximum atomic E-state index is 10.9. The zero-order valence-electron chi connectivity index (χ0n) is 13.0. The van der Waals surface area contributed by atoms with Crippen molar-refractivity contribution in [3.8, 4) is 5.75 Å². The second-order valence-corrected chi connectivity index (χ2v) is 4.90. The first-order valence-corrected chi connectivity index (χ1v) is 7.25. The van der Waals surface area contributed by atoms with Crippen LogP contribution in [0, 0.1) is 10.1 Å². The molecule has 7 heteroatoms. The van der Waals surface area contributed by atoms with E-state index in [4.69, 9.17) is 4.74 Å². The lowest BCUT2D eigenvalue weighted by atomic mass is 10.2. The van der Waals surface area contributed by atoms with Gasteiger partial charge in [0.25, 0.3) is 0 Å². The summed E-state index contributed by atoms with van der Waals surface area (Å²) in [6.07, 6.45) is 4.13. The standard InChI is InChI=1S/C16H18N4O3/c1-3-12(2)23-14-8-6-13(7-9-14)11-18-19-16-15(20(21)22)5-4-10-17-16/h4-12H,3H2,1-2H3,(H,17,19)/b18-11-/t12-/m1/s1. The molecular formula is C16H18N4O3. The number of anilines is 1. The fourth-order valence-electron chi connectivity index (χ4n) is 1.75. The van der Waals surface area contributed by atoms with Crippen molar-refractivity contribution in [2.24, 2.45) is 5.10 Å². The minimum Gasteiger partial charge on any atom is -0.491 e. The van der Waals surface area contributed by atoms with E-state index in [9.17, 15) is 10.1 Å². The van der Waals surface area contributed by atoms with Crippen molar-refractivity contribution in [1.82, 2.24) is 4.98 Å². The van der Waals surface area contributed by atoms with Crippen molar-refractivity contribution < 1.29 is 9.66 Å². The smallest absolute Gasteiger partial charge is 0.313 e. The van der Waals surface area contributed by atoms with Gasteiger partial charge in [0.1, 0.15) is 5.75 Å². The van der Waals surface area contributed by atoms with Gasteiger partial charge in [-0.1, -0.05) is 6.92 Å². The Labute approximate surface area is 134 Å². The number of pyridine rings is 1. The predicted molar refractivity (Wildman–Crippen MR) is 88.9 cm³/mol. The number of ether oxygens (including phenoxy) is 1. The molecule has 0 radical (unpaired) electrons. The molecule has 2 aromatic rings. The minimum absolute atomic E-state index is 0.102. The SMILES string of the molecule is CC[C@@H](C)Oc1ccc(/C=N\Nc2ncccc2[N+](=O)[O-])cc1. The second-order valence-electron chi connectivity index (χ2n) is 4.90. The number of aromatic nitrogens is 1. The van der Waals surface area contributed by atoms with Crippen LogP contribution in [0.2, 0.25) is 0 Å². The third-order valence-electron chi connectivity index (χ3n) is 3.16. The summed E-state index contributed by atoms with van der Waals surface area (Å²) in [6.45, 7) is 4.08. The van der Waals surface area contributed by atoms with E-state index in [1.54, 1.807) is 6.21 Å². The van der Waals surface area contributed by atoms with Crippen LogP contribution in [0.1, 0.15) is 25.8 Å². The number of nitrogens with zero attached hydrogens (tertiary/aromatic N) is 3. The molecule has 120 valence electrons. The van der Waals surface area contributed by atoms with Crippen LogP contribution >= 0.6 is 0 Å². The Balaban J connectivity index is 2.00. The van der Waals surface area contributed by atoms with Crippen LogP contribution in [0.15, 0.2) is 47.7 Å². The summed E-state index contributed by atoms with van der Waals surface area (Å²) >= 11 is 0. The molecule has 0 unspecified atom stereocenters. The fourth-order valence-corrected chi connectivity index (χ4v) is 1.75. The Morgan fingerprint density at radius 1 is 1.39 bits per heavy atom. The topological polar surface area (TPSA) is 89.7 Å². The van der Waals surface area contributed by atoms with Crippen LogP contribution < -0.4 is 10.2 Å². The van der Waals surface area contributed by atoms with Gasteiger partial charge < -0.3 is 4.74 Å². The highest BCUT2D eigenvalue weighted by atomic mass is 16.6. The van der Waals surface area contributed by atoms with E-state index in [1.807, 2.05) is 31.2 Å². The van der Waals surface area contributed by atoms with Crippen LogP contribution in [0.25, 0.3) is 0 Å². The highest BCUT2D eigenvalue weighted by molar-refractivity contribution is 5.80. The number of nitrogens with one attached hydrogen (secondary N) is 1. The normalized spacial score (nSPS) is 12.1. The lowest BCUT2D eigenvalue weighted by molar-refractivity contribution is -0.384. The molecule has 1 heterocycles. The Morgan fingerprint density at radius 2 is 2.13 bits per heavy atom. The van der Waals surface area contributed by atoms with Gasteiger partial charge in [-0.3, -0.25) is 15.5 Å². The van der Waals surface area contributed by atoms with Gasteiger partial charge in [0.05, 0.1) is 17.2 Å². The van der Waals surface area contributed by atoms with E-state index in [0.29, 0.717) is 0 Å². The molecule has 0 saturated carbocycles. The van der Waals surface area contributed by atoms with Crippen molar-refractivity contribution >= 4 is 17.7 Å². The molecule has 0 spiro atoms. The van der Waals surface area contributed by atoms with Crippen molar-refractivity contribution in [3.63, 3.8) is 0 Å². The molecule has 0 aliphatic rings. The number of hydrogen-bond acceptors (Lipinski definition) is 6. The molecular weight excluding hydrogens is 296 g/mol. The highest BCUT2D eigenvalue weighted by Gasteiger charge is 2.12. The monoisotopic (exact) mass is 314 g/mol. The summed E-state index contributed by atoms with van der Waals surface area (Å²) in [4.78, 5) is 14.3. The summed E-state index contributed by atoms with van der Waals surface area (Å²) in [5.41, 5.74) is 3.30. The van der Waals surface area contributed by atoms with Crippen molar-refractivity contribution in [3.05, 3.63) is 58.3 Å². The third-order valence-corrected chi connectivity index (χ3v) is 3.16. The zero-order valence-corrected chi connectivity index (χ0v) is 13.0. The van der Waals surface area contributed by atoms with E-state index in [0.717, 1.165) is 17.7 Å². The summed E-state index contributed by atoms with van der Waals surface area (Å²) < 4.78 is 5.69. The lowest BCUT2D eigenvalue weighted by Crippen LogP contribution is -2.09. The molecule has 23 heavy (non-hydrogen) atoms. The van der Waals surface area contributed by atoms with E-state index in [-0.39, 0.29) is 17.6 Å². The Kier molecular flexibility index (Phi) is 5.62. The molecule has 0 aliphatic carbocycles. The van der Waals surface area contributed by atoms with E-state index >= 15 is 0 Å². The maximum absolute atomic E-state index is 10.9. The molecule has 1 N–H and O–H groups in total. The van der Waals surface area contributed by atoms with Gasteiger partial charge in [0.2, 0.25) is 5.82 Å². The molecule has 0 aliphatic heterocycles. The van der Waals surface area contributed by atoms with Gasteiger partial charge >= 0.3 is 5.69 Å². The molecule has 0 saturated heterocycles. The number of nitro groups is 1. The summed E-state index contributed by atoms with van der Waals surface area (Å²) in [5, 5.41) is 14.8. The van der Waals surface area contributed by atoms with Gasteiger partial charge in [0, 0.05) is 12.3 Å². The summed E-state index contributed by atoms with van der Waals surface area (Å²) in [6, 6.07) is 10.3. The summed E-state index contributed by atoms with van der Waals surface area (Å²) in [7, 11) is 0. The van der Waals surface area contributed by atoms with Gasteiger partial charge in [-0.25, -0.2) is 4.98 Å². The average Bonchev–Trinajstić information content (AvgIpc) is 2.56. The minimum atomic E-state index is -0.508. The first-order valence-electron chi connectivity index (χ1n) is 7.25. The summed E-state index contributed by atoms with van der Waals surface area (Å²) in [5.74, 6) is 0.898. The first kappa shape index (κ1) is 16.4. The number of hydrogen-bond donors (Lipinski definition) is 1. The van der Waals surface area contributed by atoms with Gasteiger partial charge in [-0.2, -0.15) is 5.10 Å². The van der Waals surface area contributed by atoms with E-state index in [1.165, 1.54) is 18.3 Å². The van der Waals surface area contributed by atoms with Gasteiger partial charge in [0.15, 0.2) is 0 Å². The van der Waals surface area contributed by atoms with Gasteiger partial charge in [-0.05, 0) is 49.2 Å². The average molecular weight is 314 g/mol. The first-order chi connectivity index (χ1) is 11.1. The molecule has 0 fully saturated rings. The second kappa shape index (κ2) is 7.88. The van der Waals surface area contributed by atoms with Crippen LogP contribution in [0.3, 0.4) is 0 Å². The Bertz CT molecular complexity index is 686. The lowest BCUT2D eigenvalue weighted by Gasteiger charge is -2.12. The predicted octanol–water partition coefficient (Wildman–Crippen LogP) is 3.61. The molecule has 7 nitrogen and oxygen atoms in total. The molecule has 1 aromatic carbocycles. The van der Waals surface area contributed by atoms with E-state index in [2.05, 4.69) is 22.4 Å². The van der Waals surface area contributed by atoms with Crippen LogP contribution in [0.5, 0.6) is 5.75 Å². The van der Waals surface area contributed by atoms with Crippen LogP contribution in [-0.4, -0.2) is 22.2 Å². The maximum Gasteiger partial charge on any atom is 0.313 e. The van der Waals surface area contributed by atoms with Crippen molar-refractivity contribution in [2.75, 3.05) is 5.43 Å². The largest absolute Gasteiger partial charge is 0.491 e. The van der Waals surface area contributed by atoms with Crippen LogP contribution in [-0.2, 0) is 0 Å². The molecule has 0 bridgehead atoms. The molecule has 0 amide bonds. The highest BCUT2D eigenvalue weighted by Crippen LogP contribution is 2.20. The van der Waals surface area contributed by atoms with Crippen molar-refractivity contribution in [2.45, 2.75) is 26.4 Å². The quantitative estimate of drug-likeness (QED) is 0.479. The molecule has 1 atom stereocenters. The Hall–Kier alpha value is -2.96. The van der Waals surface area contributed by atoms with Gasteiger partial charge in [-0.15, -0.1) is 0 Å². The number of rotatable bonds is 7. The molecule has 2 rings (SSSR count). The van der Waals surface area contributed by atoms with Crippen LogP contribution in [0.4, 0.5) is 11.5 Å². The fraction of sp³-hybridized carbons (Fsp3) is 0.250. The molecule has 1 aromatic heterocycles. The number of hydrazone groups is 1. The zero-order chi connectivity index (χ0) is 16.7. The van der Waals surface area contributed by atoms with Crippen molar-refractivity contribution in [1.29, 1.82) is 0 Å². The number of benzene rings is 1. The third kappa shape index (κ3) is 4.77. The Morgan fingerprint density at radius 3 is 2.78 bits per heavy atom.